The number of hydrogen-bond donors (Lipinski definition) is 0. The normalized spacial score (nSPS) is 22.4. The van der Waals surface area contributed by atoms with Gasteiger partial charge in [-0.1, -0.05) is 30.3 Å². The summed E-state index contributed by atoms with van der Waals surface area (Å²) in [7, 11) is 0. The summed E-state index contributed by atoms with van der Waals surface area (Å²) in [5.74, 6) is 1.05. The molecule has 1 nitrogen and oxygen atoms in total. The average Bonchev–Trinajstić information content (AvgIpc) is 2.58. The molecular formula is C9H8NS. The zero-order valence-electron chi connectivity index (χ0n) is 6.03. The molecule has 0 saturated carbocycles. The van der Waals surface area contributed by atoms with E-state index in [1.807, 2.05) is 18.2 Å². The molecule has 0 saturated heterocycles. The Morgan fingerprint density at radius 1 is 1.36 bits per heavy atom. The van der Waals surface area contributed by atoms with Gasteiger partial charge in [-0.3, -0.25) is 4.99 Å². The molecule has 1 radical (unpaired) electrons. The van der Waals surface area contributed by atoms with Crippen molar-refractivity contribution in [2.75, 3.05) is 5.75 Å². The predicted molar refractivity (Wildman–Crippen MR) is 49.1 cm³/mol. The van der Waals surface area contributed by atoms with Crippen LogP contribution < -0.4 is 0 Å². The van der Waals surface area contributed by atoms with Crippen LogP contribution in [0.1, 0.15) is 11.6 Å². The Hall–Kier alpha value is -0.760. The lowest BCUT2D eigenvalue weighted by Gasteiger charge is -2.03. The number of nitrogens with zero attached hydrogens (tertiary/aromatic N) is 1. The minimum Gasteiger partial charge on any atom is -0.267 e. The summed E-state index contributed by atoms with van der Waals surface area (Å²) in [6.45, 7) is 0. The van der Waals surface area contributed by atoms with Crippen molar-refractivity contribution in [2.24, 2.45) is 4.99 Å². The molecule has 0 spiro atoms. The highest BCUT2D eigenvalue weighted by Gasteiger charge is 2.12. The van der Waals surface area contributed by atoms with Crippen LogP contribution in [0.15, 0.2) is 35.3 Å². The quantitative estimate of drug-likeness (QED) is 0.617. The van der Waals surface area contributed by atoms with Crippen molar-refractivity contribution < 1.29 is 0 Å². The second-order valence-corrected chi connectivity index (χ2v) is 3.26. The molecule has 0 aliphatic carbocycles. The summed E-state index contributed by atoms with van der Waals surface area (Å²) in [6, 6.07) is 10.7. The molecule has 1 heterocycles. The van der Waals surface area contributed by atoms with Gasteiger partial charge in [-0.25, -0.2) is 0 Å². The van der Waals surface area contributed by atoms with Gasteiger partial charge in [0.2, 0.25) is 0 Å². The standard InChI is InChI=1S/C9H8NS/c1-2-4-8(5-3-1)9-6-11-7-10-9/h1-5,9H,6H2/t9-/m1/s1. The van der Waals surface area contributed by atoms with Gasteiger partial charge in [0.1, 0.15) is 5.55 Å². The topological polar surface area (TPSA) is 12.4 Å². The number of benzene rings is 1. The molecular weight excluding hydrogens is 154 g/mol. The van der Waals surface area contributed by atoms with Crippen molar-refractivity contribution in [1.29, 1.82) is 0 Å². The van der Waals surface area contributed by atoms with Gasteiger partial charge in [0, 0.05) is 5.75 Å². The molecule has 2 rings (SSSR count). The minimum atomic E-state index is 0.348. The highest BCUT2D eigenvalue weighted by atomic mass is 32.2. The van der Waals surface area contributed by atoms with E-state index >= 15 is 0 Å². The predicted octanol–water partition coefficient (Wildman–Crippen LogP) is 2.38. The van der Waals surface area contributed by atoms with Gasteiger partial charge in [-0.05, 0) is 5.56 Å². The highest BCUT2D eigenvalue weighted by molar-refractivity contribution is 8.12. The lowest BCUT2D eigenvalue weighted by Crippen LogP contribution is -1.92. The van der Waals surface area contributed by atoms with Gasteiger partial charge in [-0.2, -0.15) is 0 Å². The smallest absolute Gasteiger partial charge is 0.123 e. The lowest BCUT2D eigenvalue weighted by molar-refractivity contribution is 0.852. The first-order chi connectivity index (χ1) is 5.47. The second kappa shape index (κ2) is 3.09. The van der Waals surface area contributed by atoms with Crippen molar-refractivity contribution in [3.05, 3.63) is 35.9 Å². The van der Waals surface area contributed by atoms with Crippen molar-refractivity contribution in [1.82, 2.24) is 0 Å². The van der Waals surface area contributed by atoms with E-state index in [1.54, 1.807) is 11.8 Å². The molecule has 1 aromatic carbocycles. The summed E-state index contributed by atoms with van der Waals surface area (Å²) in [6.07, 6.45) is 0. The molecule has 0 bridgehead atoms. The number of thioether (sulfide) groups is 1. The first-order valence-corrected chi connectivity index (χ1v) is 4.57. The van der Waals surface area contributed by atoms with Crippen LogP contribution in [0.5, 0.6) is 0 Å². The van der Waals surface area contributed by atoms with Gasteiger partial charge in [0.05, 0.1) is 6.04 Å². The summed E-state index contributed by atoms with van der Waals surface area (Å²) in [5, 5.41) is 0. The molecule has 55 valence electrons. The number of hydrogen-bond acceptors (Lipinski definition) is 2. The number of rotatable bonds is 1. The molecule has 0 fully saturated rings. The van der Waals surface area contributed by atoms with Crippen LogP contribution in [-0.4, -0.2) is 11.3 Å². The Labute approximate surface area is 70.5 Å². The first-order valence-electron chi connectivity index (χ1n) is 3.58. The Bertz CT molecular complexity index is 256. The maximum absolute atomic E-state index is 4.22. The molecule has 11 heavy (non-hydrogen) atoms. The Kier molecular flexibility index (Phi) is 1.95. The zero-order valence-corrected chi connectivity index (χ0v) is 6.84. The van der Waals surface area contributed by atoms with Gasteiger partial charge in [0.25, 0.3) is 0 Å². The summed E-state index contributed by atoms with van der Waals surface area (Å²) in [5.41, 5.74) is 4.21. The van der Waals surface area contributed by atoms with Gasteiger partial charge >= 0.3 is 0 Å². The van der Waals surface area contributed by atoms with Gasteiger partial charge in [-0.15, -0.1) is 11.8 Å². The van der Waals surface area contributed by atoms with Crippen molar-refractivity contribution in [2.45, 2.75) is 6.04 Å². The molecule has 1 aliphatic rings. The van der Waals surface area contributed by atoms with E-state index in [-0.39, 0.29) is 0 Å². The Balaban J connectivity index is 2.23. The monoisotopic (exact) mass is 162 g/mol. The molecule has 1 atom stereocenters. The molecule has 1 aliphatic heterocycles. The van der Waals surface area contributed by atoms with Crippen LogP contribution in [-0.2, 0) is 0 Å². The third kappa shape index (κ3) is 1.46. The maximum Gasteiger partial charge on any atom is 0.123 e. The second-order valence-electron chi connectivity index (χ2n) is 2.46. The van der Waals surface area contributed by atoms with Crippen molar-refractivity contribution >= 4 is 17.3 Å². The van der Waals surface area contributed by atoms with Crippen LogP contribution in [0.2, 0.25) is 0 Å². The SMILES string of the molecule is [C]1=N[C@@H](c2ccccc2)CS1. The van der Waals surface area contributed by atoms with Crippen LogP contribution in [0.4, 0.5) is 0 Å². The molecule has 0 aromatic heterocycles. The van der Waals surface area contributed by atoms with Crippen molar-refractivity contribution in [3.8, 4) is 0 Å². The summed E-state index contributed by atoms with van der Waals surface area (Å²) in [4.78, 5) is 4.22. The fraction of sp³-hybridized carbons (Fsp3) is 0.222. The minimum absolute atomic E-state index is 0.348. The van der Waals surface area contributed by atoms with E-state index in [2.05, 4.69) is 22.7 Å². The molecule has 0 N–H and O–H groups in total. The third-order valence-electron chi connectivity index (χ3n) is 1.70. The third-order valence-corrected chi connectivity index (χ3v) is 2.42. The van der Waals surface area contributed by atoms with Gasteiger partial charge < -0.3 is 0 Å². The molecule has 1 aromatic rings. The molecule has 2 heteroatoms. The lowest BCUT2D eigenvalue weighted by atomic mass is 10.1. The number of aliphatic imine (C=N–C) groups is 1. The van der Waals surface area contributed by atoms with Crippen LogP contribution in [0.25, 0.3) is 0 Å². The fourth-order valence-corrected chi connectivity index (χ4v) is 1.80. The van der Waals surface area contributed by atoms with E-state index in [0.29, 0.717) is 6.04 Å². The Morgan fingerprint density at radius 3 is 2.82 bits per heavy atom. The van der Waals surface area contributed by atoms with E-state index in [1.165, 1.54) is 5.56 Å². The first kappa shape index (κ1) is 6.92. The maximum atomic E-state index is 4.22. The zero-order chi connectivity index (χ0) is 7.52. The summed E-state index contributed by atoms with van der Waals surface area (Å²) >= 11 is 1.66. The fourth-order valence-electron chi connectivity index (χ4n) is 1.10. The molecule has 0 amide bonds. The molecule has 0 unspecified atom stereocenters. The van der Waals surface area contributed by atoms with Gasteiger partial charge in [0.15, 0.2) is 0 Å². The van der Waals surface area contributed by atoms with Crippen molar-refractivity contribution in [3.63, 3.8) is 0 Å². The largest absolute Gasteiger partial charge is 0.267 e. The highest BCUT2D eigenvalue weighted by Crippen LogP contribution is 2.25. The van der Waals surface area contributed by atoms with E-state index in [9.17, 15) is 0 Å². The Morgan fingerprint density at radius 2 is 2.18 bits per heavy atom. The van der Waals surface area contributed by atoms with E-state index in [4.69, 9.17) is 0 Å². The van der Waals surface area contributed by atoms with E-state index in [0.717, 1.165) is 5.75 Å². The van der Waals surface area contributed by atoms with Crippen LogP contribution in [0.3, 0.4) is 0 Å². The average molecular weight is 162 g/mol. The van der Waals surface area contributed by atoms with Crippen LogP contribution in [0, 0.1) is 0 Å². The summed E-state index contributed by atoms with van der Waals surface area (Å²) < 4.78 is 0. The van der Waals surface area contributed by atoms with E-state index < -0.39 is 0 Å². The van der Waals surface area contributed by atoms with Crippen LogP contribution >= 0.6 is 11.8 Å².